The fourth-order valence-electron chi connectivity index (χ4n) is 0.445. The van der Waals surface area contributed by atoms with Crippen LogP contribution < -0.4 is 5.14 Å². The van der Waals surface area contributed by atoms with Gasteiger partial charge in [-0.05, 0) is 13.8 Å². The fraction of sp³-hybridized carbons (Fsp3) is 0.800. The van der Waals surface area contributed by atoms with Crippen LogP contribution in [-0.2, 0) is 19.7 Å². The number of rotatable bonds is 3. The van der Waals surface area contributed by atoms with E-state index in [2.05, 4.69) is 9.54 Å². The topological polar surface area (TPSA) is 91.0 Å². The Balaban J connectivity index is 4.38. The van der Waals surface area contributed by atoms with Crippen LogP contribution in [0, 0.1) is 0 Å². The molecular formula is C5H12N2O4S. The molecule has 0 aliphatic carbocycles. The zero-order valence-corrected chi connectivity index (χ0v) is 7.80. The third kappa shape index (κ3) is 5.93. The average molecular weight is 196 g/mol. The lowest BCUT2D eigenvalue weighted by atomic mass is 10.8. The van der Waals surface area contributed by atoms with E-state index in [4.69, 9.17) is 9.47 Å². The van der Waals surface area contributed by atoms with Gasteiger partial charge >= 0.3 is 16.3 Å². The molecule has 0 rings (SSSR count). The van der Waals surface area contributed by atoms with E-state index in [0.29, 0.717) is 0 Å². The van der Waals surface area contributed by atoms with E-state index in [0.717, 1.165) is 0 Å². The Bertz CT molecular complexity index is 238. The molecular weight excluding hydrogens is 184 g/mol. The molecule has 0 saturated carbocycles. The maximum Gasteiger partial charge on any atom is 0.400 e. The van der Waals surface area contributed by atoms with Crippen LogP contribution >= 0.6 is 0 Å². The summed E-state index contributed by atoms with van der Waals surface area (Å²) in [5, 5.41) is 4.62. The van der Waals surface area contributed by atoms with Gasteiger partial charge < -0.3 is 9.47 Å². The summed E-state index contributed by atoms with van der Waals surface area (Å²) in [4.78, 5) is 0. The summed E-state index contributed by atoms with van der Waals surface area (Å²) in [6, 6.07) is 0. The summed E-state index contributed by atoms with van der Waals surface area (Å²) >= 11 is 0. The standard InChI is InChI=1S/C5H12N2O4S/c1-3-10-5(11-4-2)7-12(6,8)9/h3-4H2,1-2H3,(H2,6,8,9). The van der Waals surface area contributed by atoms with Crippen molar-refractivity contribution in [3.63, 3.8) is 0 Å². The molecule has 0 bridgehead atoms. The van der Waals surface area contributed by atoms with Crippen molar-refractivity contribution in [1.29, 1.82) is 0 Å². The molecule has 0 spiro atoms. The molecule has 6 nitrogen and oxygen atoms in total. The number of hydrogen-bond acceptors (Lipinski definition) is 4. The molecule has 0 aromatic rings. The lowest BCUT2D eigenvalue weighted by molar-refractivity contribution is 0.182. The first-order valence-corrected chi connectivity index (χ1v) is 4.88. The van der Waals surface area contributed by atoms with Crippen molar-refractivity contribution in [2.45, 2.75) is 13.8 Å². The molecule has 0 aromatic carbocycles. The van der Waals surface area contributed by atoms with Crippen LogP contribution in [0.5, 0.6) is 0 Å². The van der Waals surface area contributed by atoms with Crippen LogP contribution in [0.25, 0.3) is 0 Å². The van der Waals surface area contributed by atoms with Gasteiger partial charge in [0.15, 0.2) is 0 Å². The number of hydrogen-bond donors (Lipinski definition) is 1. The average Bonchev–Trinajstić information content (AvgIpc) is 1.84. The van der Waals surface area contributed by atoms with Crippen molar-refractivity contribution >= 4 is 16.3 Å². The van der Waals surface area contributed by atoms with Crippen LogP contribution in [-0.4, -0.2) is 27.7 Å². The fourth-order valence-corrected chi connectivity index (χ4v) is 0.758. The summed E-state index contributed by atoms with van der Waals surface area (Å²) in [5.41, 5.74) is 0. The third-order valence-electron chi connectivity index (χ3n) is 0.737. The van der Waals surface area contributed by atoms with E-state index >= 15 is 0 Å². The molecule has 0 amide bonds. The monoisotopic (exact) mass is 196 g/mol. The van der Waals surface area contributed by atoms with Crippen LogP contribution in [0.2, 0.25) is 0 Å². The van der Waals surface area contributed by atoms with Crippen molar-refractivity contribution < 1.29 is 17.9 Å². The maximum atomic E-state index is 10.4. The molecule has 0 heterocycles. The second-order valence-electron chi connectivity index (χ2n) is 1.74. The van der Waals surface area contributed by atoms with Gasteiger partial charge in [0.2, 0.25) is 0 Å². The summed E-state index contributed by atoms with van der Waals surface area (Å²) in [5.74, 6) is 0. The van der Waals surface area contributed by atoms with Crippen LogP contribution in [0.4, 0.5) is 0 Å². The van der Waals surface area contributed by atoms with Crippen molar-refractivity contribution in [3.05, 3.63) is 0 Å². The molecule has 0 saturated heterocycles. The van der Waals surface area contributed by atoms with Gasteiger partial charge in [-0.1, -0.05) is 4.40 Å². The van der Waals surface area contributed by atoms with Crippen LogP contribution in [0.3, 0.4) is 0 Å². The maximum absolute atomic E-state index is 10.4. The number of nitrogens with two attached hydrogens (primary N) is 1. The molecule has 72 valence electrons. The minimum absolute atomic E-state index is 0.272. The van der Waals surface area contributed by atoms with E-state index in [1.807, 2.05) is 0 Å². The van der Waals surface area contributed by atoms with Gasteiger partial charge in [0.1, 0.15) is 0 Å². The van der Waals surface area contributed by atoms with Gasteiger partial charge in [0, 0.05) is 0 Å². The summed E-state index contributed by atoms with van der Waals surface area (Å²) in [6.07, 6.45) is -0.317. The van der Waals surface area contributed by atoms with Gasteiger partial charge in [0.25, 0.3) is 0 Å². The van der Waals surface area contributed by atoms with E-state index in [1.165, 1.54) is 0 Å². The van der Waals surface area contributed by atoms with Crippen molar-refractivity contribution in [2.75, 3.05) is 13.2 Å². The van der Waals surface area contributed by atoms with Crippen molar-refractivity contribution in [2.24, 2.45) is 9.54 Å². The predicted octanol–water partition coefficient (Wildman–Crippen LogP) is -0.381. The largest absolute Gasteiger partial charge is 0.450 e. The van der Waals surface area contributed by atoms with E-state index in [9.17, 15) is 8.42 Å². The quantitative estimate of drug-likeness (QED) is 0.492. The molecule has 0 fully saturated rings. The van der Waals surface area contributed by atoms with Gasteiger partial charge in [-0.25, -0.2) is 5.14 Å². The third-order valence-corrected chi connectivity index (χ3v) is 1.14. The highest BCUT2D eigenvalue weighted by atomic mass is 32.2. The lowest BCUT2D eigenvalue weighted by Gasteiger charge is -2.05. The minimum atomic E-state index is -3.93. The SMILES string of the molecule is CCOC(=NS(N)(=O)=O)OCC. The molecule has 7 heteroatoms. The summed E-state index contributed by atoms with van der Waals surface area (Å²) in [6.45, 7) is 3.90. The highest BCUT2D eigenvalue weighted by Gasteiger charge is 2.05. The molecule has 0 atom stereocenters. The Labute approximate surface area is 71.6 Å². The number of ether oxygens (including phenoxy) is 2. The Hall–Kier alpha value is -0.820. The Morgan fingerprint density at radius 1 is 1.33 bits per heavy atom. The van der Waals surface area contributed by atoms with E-state index in [-0.39, 0.29) is 19.3 Å². The van der Waals surface area contributed by atoms with Crippen LogP contribution in [0.15, 0.2) is 4.40 Å². The summed E-state index contributed by atoms with van der Waals surface area (Å²) < 4.78 is 33.3. The zero-order valence-electron chi connectivity index (χ0n) is 6.98. The normalized spacial score (nSPS) is 10.6. The molecule has 0 aliphatic rings. The molecule has 0 aromatic heterocycles. The predicted molar refractivity (Wildman–Crippen MR) is 43.8 cm³/mol. The first-order valence-electron chi connectivity index (χ1n) is 3.38. The van der Waals surface area contributed by atoms with Crippen molar-refractivity contribution in [1.82, 2.24) is 0 Å². The van der Waals surface area contributed by atoms with E-state index in [1.54, 1.807) is 13.8 Å². The Morgan fingerprint density at radius 3 is 2.00 bits per heavy atom. The highest BCUT2D eigenvalue weighted by Crippen LogP contribution is 1.90. The van der Waals surface area contributed by atoms with Gasteiger partial charge in [-0.3, -0.25) is 0 Å². The van der Waals surface area contributed by atoms with Crippen molar-refractivity contribution in [3.8, 4) is 0 Å². The molecule has 2 N–H and O–H groups in total. The first-order chi connectivity index (χ1) is 5.49. The second-order valence-corrected chi connectivity index (χ2v) is 2.95. The highest BCUT2D eigenvalue weighted by molar-refractivity contribution is 7.87. The van der Waals surface area contributed by atoms with Gasteiger partial charge in [0.05, 0.1) is 13.2 Å². The lowest BCUT2D eigenvalue weighted by Crippen LogP contribution is -2.16. The number of nitrogens with zero attached hydrogens (tertiary/aromatic N) is 1. The Morgan fingerprint density at radius 2 is 1.75 bits per heavy atom. The van der Waals surface area contributed by atoms with Gasteiger partial charge in [-0.2, -0.15) is 8.42 Å². The Kier molecular flexibility index (Phi) is 4.60. The zero-order chi connectivity index (χ0) is 9.61. The second kappa shape index (κ2) is 4.94. The molecule has 0 unspecified atom stereocenters. The van der Waals surface area contributed by atoms with E-state index < -0.39 is 10.2 Å². The molecule has 12 heavy (non-hydrogen) atoms. The summed E-state index contributed by atoms with van der Waals surface area (Å²) in [7, 11) is -3.93. The molecule has 0 radical (unpaired) electrons. The first kappa shape index (κ1) is 11.2. The van der Waals surface area contributed by atoms with Gasteiger partial charge in [-0.15, -0.1) is 0 Å². The molecule has 0 aliphatic heterocycles. The minimum Gasteiger partial charge on any atom is -0.450 e. The van der Waals surface area contributed by atoms with Crippen LogP contribution in [0.1, 0.15) is 13.8 Å². The smallest absolute Gasteiger partial charge is 0.400 e.